The zero-order chi connectivity index (χ0) is 14.5. The summed E-state index contributed by atoms with van der Waals surface area (Å²) in [7, 11) is 0. The molecule has 1 aliphatic heterocycles. The van der Waals surface area contributed by atoms with E-state index in [1.54, 1.807) is 12.1 Å². The number of hydrogen-bond donors (Lipinski definition) is 2. The molecule has 0 saturated carbocycles. The molecule has 0 aliphatic carbocycles. The highest BCUT2D eigenvalue weighted by Crippen LogP contribution is 2.22. The quantitative estimate of drug-likeness (QED) is 0.605. The van der Waals surface area contributed by atoms with Gasteiger partial charge in [0, 0.05) is 5.56 Å². The van der Waals surface area contributed by atoms with Crippen LogP contribution in [0.4, 0.5) is 4.39 Å². The molecule has 1 aromatic heterocycles. The van der Waals surface area contributed by atoms with Gasteiger partial charge in [-0.25, -0.2) is 4.39 Å². The Morgan fingerprint density at radius 2 is 1.74 bits per heavy atom. The lowest BCUT2D eigenvalue weighted by atomic mass is 9.98. The zero-order valence-corrected chi connectivity index (χ0v) is 14.3. The fraction of sp³-hybridized carbons (Fsp3) is 0.412. The van der Waals surface area contributed by atoms with E-state index in [0.29, 0.717) is 0 Å². The number of hydrogen-bond acceptors (Lipinski definition) is 3. The van der Waals surface area contributed by atoms with Gasteiger partial charge in [0.25, 0.3) is 0 Å². The molecule has 0 atom stereocenters. The fourth-order valence-corrected chi connectivity index (χ4v) is 2.73. The third kappa shape index (κ3) is 5.81. The molecule has 3 nitrogen and oxygen atoms in total. The Labute approximate surface area is 148 Å². The van der Waals surface area contributed by atoms with Crippen molar-refractivity contribution in [3.05, 3.63) is 48.0 Å². The van der Waals surface area contributed by atoms with Crippen LogP contribution in [0.25, 0.3) is 11.3 Å². The van der Waals surface area contributed by atoms with Crippen LogP contribution in [0.3, 0.4) is 0 Å². The minimum Gasteiger partial charge on any atom is -1.00 e. The van der Waals surface area contributed by atoms with Gasteiger partial charge in [-0.05, 0) is 74.8 Å². The molecule has 0 bridgehead atoms. The predicted octanol–water partition coefficient (Wildman–Crippen LogP) is -2.82. The maximum absolute atomic E-state index is 12.9. The van der Waals surface area contributed by atoms with Gasteiger partial charge in [-0.15, -0.1) is 0 Å². The maximum atomic E-state index is 12.9. The van der Waals surface area contributed by atoms with Crippen molar-refractivity contribution in [3.63, 3.8) is 0 Å². The first-order chi connectivity index (χ1) is 10.3. The Morgan fingerprint density at radius 3 is 2.43 bits per heavy atom. The van der Waals surface area contributed by atoms with Crippen LogP contribution in [0.2, 0.25) is 0 Å². The summed E-state index contributed by atoms with van der Waals surface area (Å²) >= 11 is 0. The van der Waals surface area contributed by atoms with Crippen molar-refractivity contribution >= 4 is 0 Å². The highest BCUT2D eigenvalue weighted by atomic mass is 35.5. The number of furan rings is 1. The minimum atomic E-state index is -0.228. The molecule has 23 heavy (non-hydrogen) atoms. The summed E-state index contributed by atoms with van der Waals surface area (Å²) in [6.45, 7) is 4.03. The Morgan fingerprint density at radius 1 is 1.04 bits per heavy atom. The summed E-state index contributed by atoms with van der Waals surface area (Å²) in [5, 5.41) is 6.84. The third-order valence-corrected chi connectivity index (χ3v) is 3.98. The first-order valence-corrected chi connectivity index (χ1v) is 7.57. The molecule has 1 aliphatic rings. The lowest BCUT2D eigenvalue weighted by molar-refractivity contribution is -0.00100. The van der Waals surface area contributed by atoms with Crippen molar-refractivity contribution in [2.75, 3.05) is 19.6 Å². The molecular weight excluding hydrogens is 338 g/mol. The van der Waals surface area contributed by atoms with Crippen LogP contribution in [-0.4, -0.2) is 19.6 Å². The van der Waals surface area contributed by atoms with E-state index in [2.05, 4.69) is 10.6 Å². The second-order valence-corrected chi connectivity index (χ2v) is 5.60. The molecular formula is C17H21Cl2FN2O-2. The van der Waals surface area contributed by atoms with Crippen LogP contribution in [-0.2, 0) is 6.54 Å². The number of nitrogens with one attached hydrogen (secondary N) is 2. The Bertz CT molecular complexity index is 568. The standard InChI is InChI=1S/C17H21FN2O.2ClH/c18-15-3-1-14(2-4-15)17-6-5-16(21-17)12-20-11-13-7-9-19-10-8-13;;/h1-6,13,19-20H,7-12H2;2*1H/p-2. The normalized spacial score (nSPS) is 14.8. The van der Waals surface area contributed by atoms with Crippen molar-refractivity contribution in [3.8, 4) is 11.3 Å². The van der Waals surface area contributed by atoms with Crippen molar-refractivity contribution in [1.29, 1.82) is 0 Å². The largest absolute Gasteiger partial charge is 1.00 e. The SMILES string of the molecule is Fc1ccc(-c2ccc(CNCC3CCNCC3)o2)cc1.[Cl-].[Cl-]. The number of rotatable bonds is 5. The molecule has 6 heteroatoms. The van der Waals surface area contributed by atoms with E-state index in [1.165, 1.54) is 25.0 Å². The van der Waals surface area contributed by atoms with E-state index in [0.717, 1.165) is 49.2 Å². The molecule has 0 spiro atoms. The second-order valence-electron chi connectivity index (χ2n) is 5.60. The molecule has 2 N–H and O–H groups in total. The molecule has 1 fully saturated rings. The Balaban J connectivity index is 0.00000132. The van der Waals surface area contributed by atoms with Crippen LogP contribution in [0.1, 0.15) is 18.6 Å². The fourth-order valence-electron chi connectivity index (χ4n) is 2.73. The summed E-state index contributed by atoms with van der Waals surface area (Å²) < 4.78 is 18.7. The summed E-state index contributed by atoms with van der Waals surface area (Å²) in [4.78, 5) is 0. The Hall–Kier alpha value is -1.07. The highest BCUT2D eigenvalue weighted by molar-refractivity contribution is 5.57. The Kier molecular flexibility index (Phi) is 8.63. The molecule has 1 saturated heterocycles. The predicted molar refractivity (Wildman–Crippen MR) is 81.4 cm³/mol. The van der Waals surface area contributed by atoms with E-state index in [4.69, 9.17) is 4.42 Å². The monoisotopic (exact) mass is 358 g/mol. The molecule has 2 aromatic rings. The first-order valence-electron chi connectivity index (χ1n) is 7.57. The summed E-state index contributed by atoms with van der Waals surface area (Å²) in [6, 6.07) is 10.3. The minimum absolute atomic E-state index is 0. The number of piperidine rings is 1. The van der Waals surface area contributed by atoms with Crippen molar-refractivity contribution < 1.29 is 33.6 Å². The van der Waals surface area contributed by atoms with E-state index >= 15 is 0 Å². The van der Waals surface area contributed by atoms with E-state index in [-0.39, 0.29) is 30.6 Å². The van der Waals surface area contributed by atoms with Crippen molar-refractivity contribution in [2.45, 2.75) is 19.4 Å². The molecule has 128 valence electrons. The molecule has 1 aromatic carbocycles. The molecule has 2 heterocycles. The average molecular weight is 359 g/mol. The van der Waals surface area contributed by atoms with Gasteiger partial charge >= 0.3 is 0 Å². The van der Waals surface area contributed by atoms with Crippen LogP contribution >= 0.6 is 0 Å². The van der Waals surface area contributed by atoms with Crippen LogP contribution in [0.15, 0.2) is 40.8 Å². The van der Waals surface area contributed by atoms with Crippen LogP contribution < -0.4 is 35.4 Å². The van der Waals surface area contributed by atoms with E-state index in [1.807, 2.05) is 12.1 Å². The highest BCUT2D eigenvalue weighted by Gasteiger charge is 2.12. The van der Waals surface area contributed by atoms with Crippen LogP contribution in [0, 0.1) is 11.7 Å². The number of benzene rings is 1. The van der Waals surface area contributed by atoms with Gasteiger partial charge in [0.2, 0.25) is 0 Å². The maximum Gasteiger partial charge on any atom is 0.134 e. The summed E-state index contributed by atoms with van der Waals surface area (Å²) in [5.74, 6) is 2.24. The van der Waals surface area contributed by atoms with Gasteiger partial charge in [-0.3, -0.25) is 0 Å². The lowest BCUT2D eigenvalue weighted by Gasteiger charge is -2.22. The molecule has 0 amide bonds. The number of halogens is 3. The smallest absolute Gasteiger partial charge is 0.134 e. The van der Waals surface area contributed by atoms with Gasteiger partial charge in [0.05, 0.1) is 6.54 Å². The molecule has 3 rings (SSSR count). The molecule has 0 radical (unpaired) electrons. The average Bonchev–Trinajstić information content (AvgIpc) is 2.98. The lowest BCUT2D eigenvalue weighted by Crippen LogP contribution is -3.00. The van der Waals surface area contributed by atoms with Gasteiger partial charge < -0.3 is 39.9 Å². The summed E-state index contributed by atoms with van der Waals surface area (Å²) in [5.41, 5.74) is 0.904. The topological polar surface area (TPSA) is 37.2 Å². The summed E-state index contributed by atoms with van der Waals surface area (Å²) in [6.07, 6.45) is 2.48. The van der Waals surface area contributed by atoms with E-state index in [9.17, 15) is 4.39 Å². The van der Waals surface area contributed by atoms with Crippen molar-refractivity contribution in [2.24, 2.45) is 5.92 Å². The van der Waals surface area contributed by atoms with E-state index < -0.39 is 0 Å². The van der Waals surface area contributed by atoms with Gasteiger partial charge in [0.1, 0.15) is 17.3 Å². The van der Waals surface area contributed by atoms with Crippen LogP contribution in [0.5, 0.6) is 0 Å². The first kappa shape index (κ1) is 20.0. The molecule has 0 unspecified atom stereocenters. The third-order valence-electron chi connectivity index (χ3n) is 3.98. The van der Waals surface area contributed by atoms with Gasteiger partial charge in [-0.2, -0.15) is 0 Å². The zero-order valence-electron chi connectivity index (χ0n) is 12.8. The van der Waals surface area contributed by atoms with Gasteiger partial charge in [0.15, 0.2) is 0 Å². The van der Waals surface area contributed by atoms with Crippen molar-refractivity contribution in [1.82, 2.24) is 10.6 Å². The second kappa shape index (κ2) is 9.93. The van der Waals surface area contributed by atoms with Gasteiger partial charge in [-0.1, -0.05) is 0 Å².